The van der Waals surface area contributed by atoms with Crippen LogP contribution in [0, 0.1) is 0 Å². The van der Waals surface area contributed by atoms with Gasteiger partial charge in [-0.05, 0) is 39.8 Å². The van der Waals surface area contributed by atoms with Crippen LogP contribution >= 0.6 is 24.0 Å². The molecule has 0 fully saturated rings. The Morgan fingerprint density at radius 2 is 2.00 bits per heavy atom. The van der Waals surface area contributed by atoms with E-state index in [-0.39, 0.29) is 30.5 Å². The number of halogens is 1. The molecule has 0 aliphatic heterocycles. The summed E-state index contributed by atoms with van der Waals surface area (Å²) in [6.45, 7) is 8.80. The standard InChI is InChI=1S/C22H36N6O.HI/c1-6-23-21(25-17-22(3,29)20-14-26-28(5)16-20)24-13-12-18(2)27(4)15-19-10-8-7-9-11-19;/h7-11,14,16,18,29H,6,12-13,15,17H2,1-5H3,(H2,23,24,25);1H. The van der Waals surface area contributed by atoms with Crippen molar-refractivity contribution in [2.24, 2.45) is 12.0 Å². The van der Waals surface area contributed by atoms with E-state index in [1.807, 2.05) is 26.2 Å². The molecule has 0 radical (unpaired) electrons. The molecule has 2 atom stereocenters. The molecule has 0 saturated carbocycles. The zero-order valence-electron chi connectivity index (χ0n) is 18.8. The molecule has 2 rings (SSSR count). The lowest BCUT2D eigenvalue weighted by Crippen LogP contribution is -2.41. The maximum absolute atomic E-state index is 10.7. The van der Waals surface area contributed by atoms with E-state index in [0.29, 0.717) is 6.04 Å². The molecule has 0 saturated heterocycles. The molecule has 0 bridgehead atoms. The summed E-state index contributed by atoms with van der Waals surface area (Å²) in [5.41, 5.74) is 1.03. The summed E-state index contributed by atoms with van der Waals surface area (Å²) in [6.07, 6.45) is 4.49. The van der Waals surface area contributed by atoms with Gasteiger partial charge in [0.25, 0.3) is 0 Å². The molecule has 1 aromatic heterocycles. The van der Waals surface area contributed by atoms with Crippen LogP contribution in [0.5, 0.6) is 0 Å². The van der Waals surface area contributed by atoms with E-state index in [1.165, 1.54) is 5.56 Å². The minimum Gasteiger partial charge on any atom is -0.383 e. The Labute approximate surface area is 198 Å². The summed E-state index contributed by atoms with van der Waals surface area (Å²) in [5.74, 6) is 0.717. The van der Waals surface area contributed by atoms with Gasteiger partial charge in [-0.3, -0.25) is 9.58 Å². The lowest BCUT2D eigenvalue weighted by molar-refractivity contribution is 0.0671. The van der Waals surface area contributed by atoms with Crippen molar-refractivity contribution < 1.29 is 5.11 Å². The second kappa shape index (κ2) is 12.9. The summed E-state index contributed by atoms with van der Waals surface area (Å²) >= 11 is 0. The zero-order chi connectivity index (χ0) is 21.3. The molecule has 0 aliphatic rings. The smallest absolute Gasteiger partial charge is 0.191 e. The molecule has 0 spiro atoms. The number of hydrogen-bond acceptors (Lipinski definition) is 4. The van der Waals surface area contributed by atoms with Crippen LogP contribution in [0.2, 0.25) is 0 Å². The fourth-order valence-electron chi connectivity index (χ4n) is 3.01. The third-order valence-corrected chi connectivity index (χ3v) is 5.10. The molecule has 1 aromatic carbocycles. The third-order valence-electron chi connectivity index (χ3n) is 5.10. The van der Waals surface area contributed by atoms with Gasteiger partial charge < -0.3 is 15.7 Å². The van der Waals surface area contributed by atoms with Gasteiger partial charge in [0.05, 0.1) is 12.7 Å². The molecule has 30 heavy (non-hydrogen) atoms. The van der Waals surface area contributed by atoms with Crippen LogP contribution in [-0.4, -0.2) is 58.5 Å². The molecular formula is C22H37IN6O. The molecule has 7 nitrogen and oxygen atoms in total. The average Bonchev–Trinajstić information content (AvgIpc) is 3.14. The number of aryl methyl sites for hydroxylation is 1. The minimum absolute atomic E-state index is 0. The Bertz CT molecular complexity index is 762. The first-order chi connectivity index (χ1) is 13.8. The van der Waals surface area contributed by atoms with Gasteiger partial charge in [0.1, 0.15) is 5.60 Å². The normalized spacial score (nSPS) is 14.7. The van der Waals surface area contributed by atoms with E-state index in [0.717, 1.165) is 37.6 Å². The highest BCUT2D eigenvalue weighted by Crippen LogP contribution is 2.19. The van der Waals surface area contributed by atoms with Gasteiger partial charge in [-0.25, -0.2) is 4.99 Å². The number of hydrogen-bond donors (Lipinski definition) is 3. The molecule has 2 unspecified atom stereocenters. The summed E-state index contributed by atoms with van der Waals surface area (Å²) < 4.78 is 1.68. The number of rotatable bonds is 10. The van der Waals surface area contributed by atoms with Crippen molar-refractivity contribution in [2.45, 2.75) is 45.4 Å². The second-order valence-corrected chi connectivity index (χ2v) is 7.84. The van der Waals surface area contributed by atoms with Gasteiger partial charge in [0.2, 0.25) is 0 Å². The van der Waals surface area contributed by atoms with Gasteiger partial charge in [-0.1, -0.05) is 30.3 Å². The predicted octanol–water partition coefficient (Wildman–Crippen LogP) is 2.71. The highest BCUT2D eigenvalue weighted by molar-refractivity contribution is 14.0. The zero-order valence-corrected chi connectivity index (χ0v) is 21.1. The Morgan fingerprint density at radius 1 is 1.30 bits per heavy atom. The van der Waals surface area contributed by atoms with Crippen molar-refractivity contribution in [3.63, 3.8) is 0 Å². The molecule has 0 amide bonds. The monoisotopic (exact) mass is 528 g/mol. The van der Waals surface area contributed by atoms with Crippen molar-refractivity contribution in [1.82, 2.24) is 25.3 Å². The maximum Gasteiger partial charge on any atom is 0.191 e. The van der Waals surface area contributed by atoms with Crippen LogP contribution in [0.4, 0.5) is 0 Å². The molecule has 8 heteroatoms. The first-order valence-corrected chi connectivity index (χ1v) is 10.3. The average molecular weight is 528 g/mol. The summed E-state index contributed by atoms with van der Waals surface area (Å²) in [6, 6.07) is 11.0. The quantitative estimate of drug-likeness (QED) is 0.251. The number of nitrogens with one attached hydrogen (secondary N) is 2. The number of nitrogens with zero attached hydrogens (tertiary/aromatic N) is 4. The lowest BCUT2D eigenvalue weighted by Gasteiger charge is -2.25. The van der Waals surface area contributed by atoms with E-state index in [4.69, 9.17) is 0 Å². The summed E-state index contributed by atoms with van der Waals surface area (Å²) in [7, 11) is 3.99. The Balaban J connectivity index is 0.00000450. The Morgan fingerprint density at radius 3 is 2.60 bits per heavy atom. The maximum atomic E-state index is 10.7. The van der Waals surface area contributed by atoms with Crippen molar-refractivity contribution >= 4 is 29.9 Å². The lowest BCUT2D eigenvalue weighted by atomic mass is 10.0. The highest BCUT2D eigenvalue weighted by atomic mass is 127. The molecular weight excluding hydrogens is 491 g/mol. The van der Waals surface area contributed by atoms with E-state index in [2.05, 4.69) is 63.9 Å². The van der Waals surface area contributed by atoms with Gasteiger partial charge in [0.15, 0.2) is 5.96 Å². The number of guanidine groups is 1. The van der Waals surface area contributed by atoms with Crippen LogP contribution in [0.3, 0.4) is 0 Å². The summed E-state index contributed by atoms with van der Waals surface area (Å²) in [5, 5.41) is 21.5. The first-order valence-electron chi connectivity index (χ1n) is 10.3. The number of aliphatic hydroxyl groups is 1. The van der Waals surface area contributed by atoms with E-state index >= 15 is 0 Å². The largest absolute Gasteiger partial charge is 0.383 e. The molecule has 168 valence electrons. The van der Waals surface area contributed by atoms with E-state index < -0.39 is 5.60 Å². The van der Waals surface area contributed by atoms with Gasteiger partial charge in [0, 0.05) is 44.5 Å². The van der Waals surface area contributed by atoms with Crippen LogP contribution in [0.1, 0.15) is 38.3 Å². The predicted molar refractivity (Wildman–Crippen MR) is 134 cm³/mol. The van der Waals surface area contributed by atoms with Gasteiger partial charge >= 0.3 is 0 Å². The van der Waals surface area contributed by atoms with Crippen molar-refractivity contribution in [3.8, 4) is 0 Å². The van der Waals surface area contributed by atoms with Crippen LogP contribution < -0.4 is 10.6 Å². The third kappa shape index (κ3) is 8.61. The molecule has 1 heterocycles. The van der Waals surface area contributed by atoms with Crippen LogP contribution in [0.25, 0.3) is 0 Å². The fourth-order valence-corrected chi connectivity index (χ4v) is 3.01. The van der Waals surface area contributed by atoms with Crippen LogP contribution in [-0.2, 0) is 19.2 Å². The fraction of sp³-hybridized carbons (Fsp3) is 0.545. The van der Waals surface area contributed by atoms with Crippen molar-refractivity contribution in [1.29, 1.82) is 0 Å². The highest BCUT2D eigenvalue weighted by Gasteiger charge is 2.24. The van der Waals surface area contributed by atoms with Gasteiger partial charge in [-0.15, -0.1) is 24.0 Å². The Kier molecular flexibility index (Phi) is 11.4. The molecule has 2 aromatic rings. The minimum atomic E-state index is -1.06. The van der Waals surface area contributed by atoms with E-state index in [1.54, 1.807) is 17.8 Å². The first kappa shape index (κ1) is 26.4. The number of aliphatic imine (C=N–C) groups is 1. The SMILES string of the molecule is CCNC(=NCC(C)(O)c1cnn(C)c1)NCCC(C)N(C)Cc1ccccc1.I. The van der Waals surface area contributed by atoms with Crippen LogP contribution in [0.15, 0.2) is 47.7 Å². The van der Waals surface area contributed by atoms with Crippen molar-refractivity contribution in [3.05, 3.63) is 53.9 Å². The van der Waals surface area contributed by atoms with Gasteiger partial charge in [-0.2, -0.15) is 5.10 Å². The van der Waals surface area contributed by atoms with E-state index in [9.17, 15) is 5.11 Å². The number of benzene rings is 1. The molecule has 0 aliphatic carbocycles. The summed E-state index contributed by atoms with van der Waals surface area (Å²) in [4.78, 5) is 6.93. The Hall–Kier alpha value is -1.65. The topological polar surface area (TPSA) is 77.7 Å². The second-order valence-electron chi connectivity index (χ2n) is 7.84. The molecule has 3 N–H and O–H groups in total. The van der Waals surface area contributed by atoms with Crippen molar-refractivity contribution in [2.75, 3.05) is 26.7 Å². The number of aromatic nitrogens is 2.